The van der Waals surface area contributed by atoms with Crippen molar-refractivity contribution in [1.29, 1.82) is 0 Å². The highest BCUT2D eigenvalue weighted by Gasteiger charge is 2.21. The Bertz CT molecular complexity index is 1520. The third kappa shape index (κ3) is 4.42. The quantitative estimate of drug-likeness (QED) is 0.318. The van der Waals surface area contributed by atoms with Crippen molar-refractivity contribution in [3.8, 4) is 22.5 Å². The van der Waals surface area contributed by atoms with Gasteiger partial charge in [0.2, 0.25) is 0 Å². The number of nitrogens with zero attached hydrogens (tertiary/aromatic N) is 4. The molecule has 0 saturated carbocycles. The molecule has 0 bridgehead atoms. The third-order valence-electron chi connectivity index (χ3n) is 5.83. The fourth-order valence-electron chi connectivity index (χ4n) is 4.00. The highest BCUT2D eigenvalue weighted by Crippen LogP contribution is 2.31. The molecular weight excluding hydrogens is 454 g/mol. The van der Waals surface area contributed by atoms with Crippen LogP contribution in [0.15, 0.2) is 85.3 Å². The van der Waals surface area contributed by atoms with Crippen LogP contribution in [0, 0.1) is 0 Å². The SMILES string of the molecule is O=C(Nc1cccc(-c2nc3c(c(Nc4ccc(-c5cn[nH]c5)cc4)n2)COC3)c1)c1ccccn1. The molecular formula is C27H21N7O2. The molecule has 5 aromatic rings. The van der Waals surface area contributed by atoms with Crippen LogP contribution in [0.5, 0.6) is 0 Å². The first kappa shape index (κ1) is 21.6. The van der Waals surface area contributed by atoms with E-state index in [1.165, 1.54) is 0 Å². The molecule has 3 aromatic heterocycles. The van der Waals surface area contributed by atoms with E-state index in [-0.39, 0.29) is 5.91 Å². The van der Waals surface area contributed by atoms with Gasteiger partial charge in [-0.05, 0) is 42.0 Å². The number of carbonyl (C=O) groups is 1. The van der Waals surface area contributed by atoms with E-state index in [0.29, 0.717) is 36.2 Å². The number of pyridine rings is 1. The van der Waals surface area contributed by atoms with E-state index >= 15 is 0 Å². The summed E-state index contributed by atoms with van der Waals surface area (Å²) in [6.45, 7) is 0.875. The van der Waals surface area contributed by atoms with Crippen molar-refractivity contribution in [2.45, 2.75) is 13.2 Å². The molecule has 0 aliphatic carbocycles. The van der Waals surface area contributed by atoms with Crippen molar-refractivity contribution in [3.05, 3.63) is 102 Å². The molecule has 3 N–H and O–H groups in total. The molecule has 1 amide bonds. The molecule has 1 aliphatic rings. The molecule has 0 unspecified atom stereocenters. The maximum Gasteiger partial charge on any atom is 0.274 e. The van der Waals surface area contributed by atoms with E-state index in [1.54, 1.807) is 30.6 Å². The van der Waals surface area contributed by atoms with Gasteiger partial charge in [0.1, 0.15) is 11.5 Å². The van der Waals surface area contributed by atoms with Gasteiger partial charge in [-0.15, -0.1) is 0 Å². The van der Waals surface area contributed by atoms with E-state index in [2.05, 4.69) is 25.8 Å². The number of ether oxygens (including phenoxy) is 1. The zero-order valence-corrected chi connectivity index (χ0v) is 19.1. The van der Waals surface area contributed by atoms with Gasteiger partial charge in [-0.2, -0.15) is 5.10 Å². The summed E-state index contributed by atoms with van der Waals surface area (Å²) in [5, 5.41) is 13.1. The number of fused-ring (bicyclic) bond motifs is 1. The molecule has 6 rings (SSSR count). The van der Waals surface area contributed by atoms with Crippen LogP contribution in [0.4, 0.5) is 17.2 Å². The smallest absolute Gasteiger partial charge is 0.274 e. The van der Waals surface area contributed by atoms with Crippen molar-refractivity contribution >= 4 is 23.1 Å². The first-order valence-electron chi connectivity index (χ1n) is 11.4. The Labute approximate surface area is 206 Å². The second kappa shape index (κ2) is 9.40. The van der Waals surface area contributed by atoms with Gasteiger partial charge in [-0.3, -0.25) is 14.9 Å². The van der Waals surface area contributed by atoms with Crippen molar-refractivity contribution in [1.82, 2.24) is 25.1 Å². The summed E-state index contributed by atoms with van der Waals surface area (Å²) in [6, 6.07) is 20.7. The van der Waals surface area contributed by atoms with Crippen LogP contribution in [0.2, 0.25) is 0 Å². The first-order chi connectivity index (χ1) is 17.7. The van der Waals surface area contributed by atoms with E-state index in [4.69, 9.17) is 14.7 Å². The lowest BCUT2D eigenvalue weighted by molar-refractivity contribution is 0.102. The molecule has 4 heterocycles. The zero-order valence-electron chi connectivity index (χ0n) is 19.1. The molecule has 0 spiro atoms. The van der Waals surface area contributed by atoms with Crippen LogP contribution < -0.4 is 10.6 Å². The Balaban J connectivity index is 1.28. The Morgan fingerprint density at radius 2 is 1.81 bits per heavy atom. The molecule has 2 aromatic carbocycles. The number of amides is 1. The molecule has 0 saturated heterocycles. The summed E-state index contributed by atoms with van der Waals surface area (Å²) in [7, 11) is 0. The number of carbonyl (C=O) groups excluding carboxylic acids is 1. The summed E-state index contributed by atoms with van der Waals surface area (Å²) in [5.41, 5.74) is 6.54. The maximum atomic E-state index is 12.5. The van der Waals surface area contributed by atoms with Crippen LogP contribution in [0.3, 0.4) is 0 Å². The molecule has 9 nitrogen and oxygen atoms in total. The number of aromatic nitrogens is 5. The predicted molar refractivity (Wildman–Crippen MR) is 135 cm³/mol. The minimum absolute atomic E-state index is 0.280. The van der Waals surface area contributed by atoms with E-state index < -0.39 is 0 Å². The van der Waals surface area contributed by atoms with Gasteiger partial charge < -0.3 is 15.4 Å². The van der Waals surface area contributed by atoms with E-state index in [0.717, 1.165) is 33.6 Å². The Kier molecular flexibility index (Phi) is 5.65. The lowest BCUT2D eigenvalue weighted by Gasteiger charge is -2.13. The van der Waals surface area contributed by atoms with Crippen LogP contribution in [0.25, 0.3) is 22.5 Å². The number of H-pyrrole nitrogens is 1. The van der Waals surface area contributed by atoms with Gasteiger partial charge >= 0.3 is 0 Å². The molecule has 1 aliphatic heterocycles. The van der Waals surface area contributed by atoms with Gasteiger partial charge in [-0.1, -0.05) is 30.3 Å². The lowest BCUT2D eigenvalue weighted by atomic mass is 10.1. The Morgan fingerprint density at radius 1 is 0.889 bits per heavy atom. The Morgan fingerprint density at radius 3 is 2.61 bits per heavy atom. The van der Waals surface area contributed by atoms with Crippen LogP contribution in [0.1, 0.15) is 21.7 Å². The standard InChI is InChI=1S/C27H21N7O2/c35-27(23-6-1-2-11-28-23)32-21-5-3-4-18(12-21)25-33-24-16-36-15-22(24)26(34-25)31-20-9-7-17(8-10-20)19-13-29-30-14-19/h1-14H,15-16H2,(H,29,30)(H,32,35)(H,31,33,34). The summed E-state index contributed by atoms with van der Waals surface area (Å²) in [5.74, 6) is 0.967. The van der Waals surface area contributed by atoms with E-state index in [1.807, 2.05) is 54.7 Å². The molecule has 0 fully saturated rings. The van der Waals surface area contributed by atoms with Crippen molar-refractivity contribution in [3.63, 3.8) is 0 Å². The van der Waals surface area contributed by atoms with Gasteiger partial charge in [0.15, 0.2) is 5.82 Å². The number of hydrogen-bond acceptors (Lipinski definition) is 7. The van der Waals surface area contributed by atoms with E-state index in [9.17, 15) is 4.79 Å². The van der Waals surface area contributed by atoms with Crippen molar-refractivity contribution < 1.29 is 9.53 Å². The normalized spacial score (nSPS) is 12.2. The fourth-order valence-corrected chi connectivity index (χ4v) is 4.00. The predicted octanol–water partition coefficient (Wildman–Crippen LogP) is 4.95. The minimum Gasteiger partial charge on any atom is -0.370 e. The van der Waals surface area contributed by atoms with Gasteiger partial charge in [0.05, 0.1) is 25.1 Å². The topological polar surface area (TPSA) is 118 Å². The largest absolute Gasteiger partial charge is 0.370 e. The summed E-state index contributed by atoms with van der Waals surface area (Å²) in [4.78, 5) is 26.2. The molecule has 0 atom stereocenters. The number of hydrogen-bond donors (Lipinski definition) is 3. The van der Waals surface area contributed by atoms with Gasteiger partial charge in [-0.25, -0.2) is 9.97 Å². The number of aromatic amines is 1. The molecule has 9 heteroatoms. The number of nitrogens with one attached hydrogen (secondary N) is 3. The fraction of sp³-hybridized carbons (Fsp3) is 0.0741. The van der Waals surface area contributed by atoms with Gasteiger partial charge in [0, 0.05) is 40.5 Å². The lowest BCUT2D eigenvalue weighted by Crippen LogP contribution is -2.13. The maximum absolute atomic E-state index is 12.5. The van der Waals surface area contributed by atoms with Crippen LogP contribution in [-0.4, -0.2) is 31.1 Å². The molecule has 36 heavy (non-hydrogen) atoms. The summed E-state index contributed by atoms with van der Waals surface area (Å²) >= 11 is 0. The Hall–Kier alpha value is -4.89. The third-order valence-corrected chi connectivity index (χ3v) is 5.83. The van der Waals surface area contributed by atoms with Crippen molar-refractivity contribution in [2.24, 2.45) is 0 Å². The minimum atomic E-state index is -0.280. The highest BCUT2D eigenvalue weighted by molar-refractivity contribution is 6.03. The molecule has 176 valence electrons. The second-order valence-corrected chi connectivity index (χ2v) is 8.25. The molecule has 0 radical (unpaired) electrons. The van der Waals surface area contributed by atoms with Crippen LogP contribution >= 0.6 is 0 Å². The number of anilines is 3. The second-order valence-electron chi connectivity index (χ2n) is 8.25. The van der Waals surface area contributed by atoms with Gasteiger partial charge in [0.25, 0.3) is 5.91 Å². The average Bonchev–Trinajstić information content (AvgIpc) is 3.63. The first-order valence-corrected chi connectivity index (χ1v) is 11.4. The average molecular weight is 476 g/mol. The monoisotopic (exact) mass is 475 g/mol. The number of rotatable bonds is 6. The summed E-state index contributed by atoms with van der Waals surface area (Å²) in [6.07, 6.45) is 5.23. The van der Waals surface area contributed by atoms with Crippen LogP contribution in [-0.2, 0) is 18.0 Å². The van der Waals surface area contributed by atoms with Crippen molar-refractivity contribution in [2.75, 3.05) is 10.6 Å². The highest BCUT2D eigenvalue weighted by atomic mass is 16.5. The summed E-state index contributed by atoms with van der Waals surface area (Å²) < 4.78 is 5.66. The zero-order chi connectivity index (χ0) is 24.3. The number of benzene rings is 2.